The van der Waals surface area contributed by atoms with Crippen molar-refractivity contribution in [2.75, 3.05) is 32.0 Å². The van der Waals surface area contributed by atoms with Crippen molar-refractivity contribution in [1.82, 2.24) is 9.80 Å². The Balaban J connectivity index is 1.49. The minimum atomic E-state index is -1.50. The largest absolute Gasteiger partial charge is 0.488 e. The fraction of sp³-hybridized carbons (Fsp3) is 0.308. The van der Waals surface area contributed by atoms with Gasteiger partial charge in [-0.25, -0.2) is 0 Å². The summed E-state index contributed by atoms with van der Waals surface area (Å²) in [7, 11) is 0.478. The normalized spacial score (nSPS) is 13.1. The summed E-state index contributed by atoms with van der Waals surface area (Å²) in [4.78, 5) is 29.5. The Kier molecular flexibility index (Phi) is 7.31. The van der Waals surface area contributed by atoms with Crippen molar-refractivity contribution < 1.29 is 19.6 Å². The van der Waals surface area contributed by atoms with E-state index >= 15 is 0 Å². The van der Waals surface area contributed by atoms with E-state index in [1.54, 1.807) is 18.2 Å². The molecule has 8 heteroatoms. The van der Waals surface area contributed by atoms with Gasteiger partial charge >= 0.3 is 7.12 Å². The van der Waals surface area contributed by atoms with Gasteiger partial charge in [-0.1, -0.05) is 49.7 Å². The van der Waals surface area contributed by atoms with E-state index in [0.29, 0.717) is 42.8 Å². The number of rotatable bonds is 10. The van der Waals surface area contributed by atoms with Gasteiger partial charge in [-0.05, 0) is 42.7 Å². The Morgan fingerprint density at radius 2 is 1.71 bits per heavy atom. The van der Waals surface area contributed by atoms with Gasteiger partial charge in [0.05, 0.1) is 0 Å². The van der Waals surface area contributed by atoms with E-state index < -0.39 is 7.12 Å². The summed E-state index contributed by atoms with van der Waals surface area (Å²) < 4.78 is 0. The third-order valence-corrected chi connectivity index (χ3v) is 6.31. The fourth-order valence-electron chi connectivity index (χ4n) is 4.50. The summed E-state index contributed by atoms with van der Waals surface area (Å²) in [5.41, 5.74) is 3.40. The smallest absolute Gasteiger partial charge is 0.423 e. The highest BCUT2D eigenvalue weighted by molar-refractivity contribution is 6.59. The fourth-order valence-corrected chi connectivity index (χ4v) is 4.50. The monoisotopic (exact) mass is 459 g/mol. The molecule has 0 bridgehead atoms. The summed E-state index contributed by atoms with van der Waals surface area (Å²) in [6.45, 7) is 4.41. The molecule has 3 N–H and O–H groups in total. The number of carbonyl (C=O) groups is 2. The molecule has 0 saturated heterocycles. The van der Waals surface area contributed by atoms with E-state index in [0.717, 1.165) is 34.9 Å². The lowest BCUT2D eigenvalue weighted by atomic mass is 9.77. The number of carbonyl (C=O) groups excluding carboxylic acids is 2. The molecular weight excluding hydrogens is 429 g/mol. The maximum atomic E-state index is 13.0. The van der Waals surface area contributed by atoms with Crippen molar-refractivity contribution in [1.29, 1.82) is 0 Å². The predicted octanol–water partition coefficient (Wildman–Crippen LogP) is 2.46. The van der Waals surface area contributed by atoms with E-state index in [2.05, 4.69) is 10.2 Å². The van der Waals surface area contributed by atoms with Crippen LogP contribution in [-0.2, 0) is 6.54 Å². The molecule has 0 saturated carbocycles. The number of hydrogen-bond donors (Lipinski definition) is 3. The van der Waals surface area contributed by atoms with Gasteiger partial charge in [0.2, 0.25) is 0 Å². The molecule has 3 aromatic carbocycles. The van der Waals surface area contributed by atoms with Crippen molar-refractivity contribution in [3.63, 3.8) is 0 Å². The van der Waals surface area contributed by atoms with E-state index in [9.17, 15) is 19.6 Å². The number of hydrogen-bond acceptors (Lipinski definition) is 6. The molecule has 0 aromatic heterocycles. The molecule has 176 valence electrons. The standard InChI is InChI=1S/C26H30BN3O4/c1-3-4-15-30-25(31)20-10-7-9-19-23(13-12-21(24(19)20)26(30)32)28-14-16-29(2)17-18-8-5-6-11-22(18)27(33)34/h5-13,28,33-34H,3-4,14-17H2,1-2H3. The minimum absolute atomic E-state index is 0.224. The van der Waals surface area contributed by atoms with Gasteiger partial charge in [-0.2, -0.15) is 0 Å². The van der Waals surface area contributed by atoms with Gasteiger partial charge in [-0.3, -0.25) is 14.5 Å². The molecule has 0 spiro atoms. The molecule has 2 amide bonds. The van der Waals surface area contributed by atoms with Crippen molar-refractivity contribution >= 4 is 40.9 Å². The molecule has 0 radical (unpaired) electrons. The Hall–Kier alpha value is -3.20. The van der Waals surface area contributed by atoms with Crippen LogP contribution in [0.4, 0.5) is 5.69 Å². The van der Waals surface area contributed by atoms with E-state index in [1.165, 1.54) is 4.90 Å². The molecule has 34 heavy (non-hydrogen) atoms. The molecule has 1 heterocycles. The lowest BCUT2D eigenvalue weighted by molar-refractivity contribution is 0.0608. The maximum absolute atomic E-state index is 13.0. The second-order valence-electron chi connectivity index (χ2n) is 8.74. The highest BCUT2D eigenvalue weighted by Gasteiger charge is 2.32. The third kappa shape index (κ3) is 4.70. The molecule has 1 aliphatic heterocycles. The van der Waals surface area contributed by atoms with Crippen molar-refractivity contribution in [2.24, 2.45) is 0 Å². The number of amides is 2. The van der Waals surface area contributed by atoms with Crippen LogP contribution < -0.4 is 10.8 Å². The zero-order valence-electron chi connectivity index (χ0n) is 19.6. The van der Waals surface area contributed by atoms with Gasteiger partial charge in [0.25, 0.3) is 11.8 Å². The van der Waals surface area contributed by atoms with Gasteiger partial charge in [0.1, 0.15) is 0 Å². The van der Waals surface area contributed by atoms with Crippen LogP contribution in [0.5, 0.6) is 0 Å². The Morgan fingerprint density at radius 3 is 2.44 bits per heavy atom. The SMILES string of the molecule is CCCCN1C(=O)c2cccc3c(NCCN(C)Cc4ccccc4B(O)O)ccc(c23)C1=O. The quantitative estimate of drug-likeness (QED) is 0.319. The first-order valence-electron chi connectivity index (χ1n) is 11.7. The number of nitrogens with zero attached hydrogens (tertiary/aromatic N) is 2. The second-order valence-corrected chi connectivity index (χ2v) is 8.74. The Bertz CT molecular complexity index is 1190. The molecule has 4 rings (SSSR count). The minimum Gasteiger partial charge on any atom is -0.423 e. The molecule has 0 fully saturated rings. The van der Waals surface area contributed by atoms with Crippen LogP contribution in [-0.4, -0.2) is 65.5 Å². The van der Waals surface area contributed by atoms with Crippen molar-refractivity contribution in [3.05, 3.63) is 71.3 Å². The topological polar surface area (TPSA) is 93.1 Å². The number of benzene rings is 3. The Labute approximate surface area is 200 Å². The molecule has 0 atom stereocenters. The summed E-state index contributed by atoms with van der Waals surface area (Å²) in [5, 5.41) is 24.2. The van der Waals surface area contributed by atoms with Crippen LogP contribution in [0.2, 0.25) is 0 Å². The number of unbranched alkanes of at least 4 members (excludes halogenated alkanes) is 1. The number of imide groups is 1. The molecule has 1 aliphatic rings. The second kappa shape index (κ2) is 10.4. The highest BCUT2D eigenvalue weighted by atomic mass is 16.4. The number of anilines is 1. The number of nitrogens with one attached hydrogen (secondary N) is 1. The summed E-state index contributed by atoms with van der Waals surface area (Å²) in [6, 6.07) is 16.6. The van der Waals surface area contributed by atoms with Crippen LogP contribution in [0, 0.1) is 0 Å². The summed E-state index contributed by atoms with van der Waals surface area (Å²) in [5.74, 6) is -0.448. The lowest BCUT2D eigenvalue weighted by Crippen LogP contribution is -2.40. The van der Waals surface area contributed by atoms with Crippen LogP contribution in [0.25, 0.3) is 10.8 Å². The maximum Gasteiger partial charge on any atom is 0.488 e. The Morgan fingerprint density at radius 1 is 0.971 bits per heavy atom. The van der Waals surface area contributed by atoms with Crippen molar-refractivity contribution in [3.8, 4) is 0 Å². The van der Waals surface area contributed by atoms with Crippen LogP contribution in [0.15, 0.2) is 54.6 Å². The zero-order chi connectivity index (χ0) is 24.2. The number of likely N-dealkylation sites (N-methyl/N-ethyl adjacent to an activating group) is 1. The molecule has 0 unspecified atom stereocenters. The van der Waals surface area contributed by atoms with Crippen LogP contribution >= 0.6 is 0 Å². The van der Waals surface area contributed by atoms with Gasteiger partial charge in [0, 0.05) is 53.8 Å². The first-order chi connectivity index (χ1) is 16.4. The summed E-state index contributed by atoms with van der Waals surface area (Å²) >= 11 is 0. The first-order valence-corrected chi connectivity index (χ1v) is 11.7. The highest BCUT2D eigenvalue weighted by Crippen LogP contribution is 2.34. The first kappa shape index (κ1) is 23.9. The van der Waals surface area contributed by atoms with E-state index in [-0.39, 0.29) is 11.8 Å². The summed E-state index contributed by atoms with van der Waals surface area (Å²) in [6.07, 6.45) is 1.70. The van der Waals surface area contributed by atoms with Crippen molar-refractivity contribution in [2.45, 2.75) is 26.3 Å². The van der Waals surface area contributed by atoms with Crippen LogP contribution in [0.1, 0.15) is 46.0 Å². The predicted molar refractivity (Wildman–Crippen MR) is 135 cm³/mol. The molecule has 0 aliphatic carbocycles. The molecular formula is C26H30BN3O4. The van der Waals surface area contributed by atoms with E-state index in [1.807, 2.05) is 50.4 Å². The van der Waals surface area contributed by atoms with Gasteiger partial charge in [-0.15, -0.1) is 0 Å². The third-order valence-electron chi connectivity index (χ3n) is 6.31. The van der Waals surface area contributed by atoms with Crippen LogP contribution in [0.3, 0.4) is 0 Å². The lowest BCUT2D eigenvalue weighted by Gasteiger charge is -2.28. The zero-order valence-corrected chi connectivity index (χ0v) is 19.6. The average molecular weight is 459 g/mol. The van der Waals surface area contributed by atoms with Gasteiger partial charge in [0.15, 0.2) is 0 Å². The average Bonchev–Trinajstić information content (AvgIpc) is 2.83. The molecule has 7 nitrogen and oxygen atoms in total. The van der Waals surface area contributed by atoms with E-state index in [4.69, 9.17) is 0 Å². The van der Waals surface area contributed by atoms with Gasteiger partial charge < -0.3 is 20.3 Å². The molecule has 3 aromatic rings.